The minimum Gasteiger partial charge on any atom is -0.497 e. The van der Waals surface area contributed by atoms with Gasteiger partial charge in [-0.15, -0.1) is 0 Å². The van der Waals surface area contributed by atoms with Gasteiger partial charge in [-0.05, 0) is 44.2 Å². The molecule has 0 fully saturated rings. The lowest BCUT2D eigenvalue weighted by atomic mass is 10.2. The van der Waals surface area contributed by atoms with Gasteiger partial charge in [-0.2, -0.15) is 0 Å². The van der Waals surface area contributed by atoms with Gasteiger partial charge < -0.3 is 23.8 Å². The van der Waals surface area contributed by atoms with Crippen molar-refractivity contribution in [2.24, 2.45) is 0 Å². The molecule has 2 aromatic rings. The van der Waals surface area contributed by atoms with E-state index in [1.165, 1.54) is 0 Å². The van der Waals surface area contributed by atoms with E-state index >= 15 is 0 Å². The van der Waals surface area contributed by atoms with Crippen LogP contribution < -0.4 is 14.8 Å². The van der Waals surface area contributed by atoms with Crippen molar-refractivity contribution in [2.75, 3.05) is 32.8 Å². The zero-order valence-corrected chi connectivity index (χ0v) is 16.5. The third-order valence-electron chi connectivity index (χ3n) is 3.76. The molecule has 6 nitrogen and oxygen atoms in total. The second-order valence-corrected chi connectivity index (χ2v) is 7.51. The van der Waals surface area contributed by atoms with Crippen LogP contribution in [0.2, 0.25) is 0 Å². The van der Waals surface area contributed by atoms with Gasteiger partial charge in [-0.25, -0.2) is 0 Å². The number of rotatable bonds is 10. The predicted molar refractivity (Wildman–Crippen MR) is 103 cm³/mol. The van der Waals surface area contributed by atoms with Crippen molar-refractivity contribution in [3.8, 4) is 11.5 Å². The Morgan fingerprint density at radius 1 is 0.923 bits per heavy atom. The van der Waals surface area contributed by atoms with E-state index in [1.54, 1.807) is 28.1 Å². The van der Waals surface area contributed by atoms with Crippen molar-refractivity contribution in [1.82, 2.24) is 0 Å². The molecular formula is C19H26NO5P. The SMILES string of the molecule is CCOP(=O)(OCC)C(Nc1ccc(OC)cc1)c1ccccc1OC. The molecule has 1 N–H and O–H groups in total. The first-order chi connectivity index (χ1) is 12.6. The lowest BCUT2D eigenvalue weighted by molar-refractivity contribution is 0.213. The average molecular weight is 379 g/mol. The van der Waals surface area contributed by atoms with Crippen LogP contribution in [0, 0.1) is 0 Å². The number of hydrogen-bond acceptors (Lipinski definition) is 6. The van der Waals surface area contributed by atoms with Crippen LogP contribution in [0.25, 0.3) is 0 Å². The molecule has 0 saturated carbocycles. The molecule has 0 saturated heterocycles. The number of methoxy groups -OCH3 is 2. The largest absolute Gasteiger partial charge is 0.497 e. The second kappa shape index (κ2) is 9.62. The number of benzene rings is 2. The van der Waals surface area contributed by atoms with E-state index in [1.807, 2.05) is 48.5 Å². The van der Waals surface area contributed by atoms with Gasteiger partial charge >= 0.3 is 7.60 Å². The van der Waals surface area contributed by atoms with E-state index in [-0.39, 0.29) is 13.2 Å². The van der Waals surface area contributed by atoms with Crippen molar-refractivity contribution in [3.05, 3.63) is 54.1 Å². The van der Waals surface area contributed by atoms with Crippen LogP contribution in [-0.2, 0) is 13.6 Å². The molecule has 0 spiro atoms. The molecule has 0 aromatic heterocycles. The maximum Gasteiger partial charge on any atom is 0.357 e. The summed E-state index contributed by atoms with van der Waals surface area (Å²) in [5.74, 6) is 0.632. The highest BCUT2D eigenvalue weighted by molar-refractivity contribution is 7.54. The van der Waals surface area contributed by atoms with E-state index in [2.05, 4.69) is 5.32 Å². The molecule has 0 radical (unpaired) electrons. The molecule has 0 bridgehead atoms. The number of hydrogen-bond donors (Lipinski definition) is 1. The monoisotopic (exact) mass is 379 g/mol. The molecule has 0 heterocycles. The molecule has 0 aliphatic heterocycles. The smallest absolute Gasteiger partial charge is 0.357 e. The first kappa shape index (κ1) is 20.3. The molecular weight excluding hydrogens is 353 g/mol. The van der Waals surface area contributed by atoms with Crippen LogP contribution in [0.1, 0.15) is 25.2 Å². The van der Waals surface area contributed by atoms with Gasteiger partial charge in [0.1, 0.15) is 11.5 Å². The van der Waals surface area contributed by atoms with Gasteiger partial charge in [0, 0.05) is 11.3 Å². The summed E-state index contributed by atoms with van der Waals surface area (Å²) in [6, 6.07) is 14.8. The second-order valence-electron chi connectivity index (χ2n) is 5.39. The Bertz CT molecular complexity index is 725. The molecule has 2 aromatic carbocycles. The van der Waals surface area contributed by atoms with Gasteiger partial charge in [0.05, 0.1) is 27.4 Å². The summed E-state index contributed by atoms with van der Waals surface area (Å²) >= 11 is 0. The molecule has 7 heteroatoms. The van der Waals surface area contributed by atoms with E-state index in [0.717, 1.165) is 11.4 Å². The summed E-state index contributed by atoms with van der Waals surface area (Å²) in [7, 11) is -0.310. The summed E-state index contributed by atoms with van der Waals surface area (Å²) in [6.07, 6.45) is 0. The van der Waals surface area contributed by atoms with Gasteiger partial charge in [-0.1, -0.05) is 18.2 Å². The molecule has 1 atom stereocenters. The summed E-state index contributed by atoms with van der Waals surface area (Å²) in [6.45, 7) is 4.12. The lowest BCUT2D eigenvalue weighted by Gasteiger charge is -2.29. The highest BCUT2D eigenvalue weighted by Gasteiger charge is 2.38. The number of ether oxygens (including phenoxy) is 2. The Kier molecular flexibility index (Phi) is 7.51. The summed E-state index contributed by atoms with van der Waals surface area (Å²) in [5.41, 5.74) is 1.47. The molecule has 2 rings (SSSR count). The third-order valence-corrected chi connectivity index (χ3v) is 6.04. The van der Waals surface area contributed by atoms with Crippen molar-refractivity contribution in [1.29, 1.82) is 0 Å². The van der Waals surface area contributed by atoms with Crippen molar-refractivity contribution < 1.29 is 23.1 Å². The summed E-state index contributed by atoms with van der Waals surface area (Å²) in [5, 5.41) is 3.28. The van der Waals surface area contributed by atoms with Gasteiger partial charge in [0.25, 0.3) is 0 Å². The first-order valence-electron chi connectivity index (χ1n) is 8.50. The number of para-hydroxylation sites is 1. The fourth-order valence-corrected chi connectivity index (χ4v) is 4.56. The highest BCUT2D eigenvalue weighted by atomic mass is 31.2. The Morgan fingerprint density at radius 2 is 1.54 bits per heavy atom. The molecule has 0 aliphatic carbocycles. The Hall–Kier alpha value is -2.01. The van der Waals surface area contributed by atoms with E-state index in [0.29, 0.717) is 11.3 Å². The van der Waals surface area contributed by atoms with Crippen LogP contribution in [0.3, 0.4) is 0 Å². The molecule has 26 heavy (non-hydrogen) atoms. The molecule has 0 amide bonds. The minimum absolute atomic E-state index is 0.271. The predicted octanol–water partition coefficient (Wildman–Crippen LogP) is 5.08. The van der Waals surface area contributed by atoms with Gasteiger partial charge in [-0.3, -0.25) is 4.57 Å². The van der Waals surface area contributed by atoms with Crippen LogP contribution >= 0.6 is 7.60 Å². The van der Waals surface area contributed by atoms with E-state index < -0.39 is 13.4 Å². The van der Waals surface area contributed by atoms with Gasteiger partial charge in [0.15, 0.2) is 5.78 Å². The zero-order valence-electron chi connectivity index (χ0n) is 15.6. The minimum atomic E-state index is -3.50. The lowest BCUT2D eigenvalue weighted by Crippen LogP contribution is -2.16. The molecule has 1 unspecified atom stereocenters. The first-order valence-corrected chi connectivity index (χ1v) is 10.1. The quantitative estimate of drug-likeness (QED) is 0.581. The van der Waals surface area contributed by atoms with Crippen LogP contribution in [-0.4, -0.2) is 27.4 Å². The summed E-state index contributed by atoms with van der Waals surface area (Å²) in [4.78, 5) is 0. The van der Waals surface area contributed by atoms with E-state index in [9.17, 15) is 4.57 Å². The normalized spacial score (nSPS) is 12.5. The topological polar surface area (TPSA) is 66.0 Å². The Morgan fingerprint density at radius 3 is 2.08 bits per heavy atom. The maximum atomic E-state index is 13.5. The highest BCUT2D eigenvalue weighted by Crippen LogP contribution is 2.62. The average Bonchev–Trinajstić information content (AvgIpc) is 2.67. The maximum absolute atomic E-state index is 13.5. The molecule has 0 aliphatic rings. The third kappa shape index (κ3) is 4.79. The fourth-order valence-electron chi connectivity index (χ4n) is 2.61. The van der Waals surface area contributed by atoms with Crippen molar-refractivity contribution in [3.63, 3.8) is 0 Å². The van der Waals surface area contributed by atoms with Crippen LogP contribution in [0.5, 0.6) is 11.5 Å². The number of anilines is 1. The number of nitrogens with one attached hydrogen (secondary N) is 1. The zero-order chi connectivity index (χ0) is 19.0. The van der Waals surface area contributed by atoms with E-state index in [4.69, 9.17) is 18.5 Å². The summed E-state index contributed by atoms with van der Waals surface area (Å²) < 4.78 is 35.4. The van der Waals surface area contributed by atoms with Gasteiger partial charge in [0.2, 0.25) is 0 Å². The molecule has 142 valence electrons. The Balaban J connectivity index is 2.47. The van der Waals surface area contributed by atoms with Crippen LogP contribution in [0.15, 0.2) is 48.5 Å². The fraction of sp³-hybridized carbons (Fsp3) is 0.368. The Labute approximate surface area is 155 Å². The van der Waals surface area contributed by atoms with Crippen LogP contribution in [0.4, 0.5) is 5.69 Å². The standard InChI is InChI=1S/C19H26NO5P/c1-5-24-26(21,25-6-2)19(17-9-7-8-10-18(17)23-4)20-15-11-13-16(22-3)14-12-15/h7-14,19-20H,5-6H2,1-4H3. The van der Waals surface area contributed by atoms with Crippen molar-refractivity contribution >= 4 is 13.3 Å². The van der Waals surface area contributed by atoms with Crippen molar-refractivity contribution in [2.45, 2.75) is 19.6 Å².